The molecule has 1 aromatic heterocycles. The SMILES string of the molecule is COc1cccc(NC(=O)c2ccc(C)nc2C2CCN(C(=O)Cc3ccccc3)CC2)c1. The zero-order chi connectivity index (χ0) is 23.2. The monoisotopic (exact) mass is 443 g/mol. The van der Waals surface area contributed by atoms with E-state index in [9.17, 15) is 9.59 Å². The molecule has 0 radical (unpaired) electrons. The van der Waals surface area contributed by atoms with Crippen molar-refractivity contribution in [3.8, 4) is 5.75 Å². The number of hydrogen-bond acceptors (Lipinski definition) is 4. The van der Waals surface area contributed by atoms with E-state index in [2.05, 4.69) is 5.32 Å². The summed E-state index contributed by atoms with van der Waals surface area (Å²) >= 11 is 0. The third kappa shape index (κ3) is 5.58. The Morgan fingerprint density at radius 1 is 1.03 bits per heavy atom. The number of carbonyl (C=O) groups excluding carboxylic acids is 2. The van der Waals surface area contributed by atoms with Gasteiger partial charge in [-0.05, 0) is 49.6 Å². The predicted molar refractivity (Wildman–Crippen MR) is 129 cm³/mol. The summed E-state index contributed by atoms with van der Waals surface area (Å²) in [5, 5.41) is 2.96. The number of pyridine rings is 1. The van der Waals surface area contributed by atoms with Crippen LogP contribution in [0.5, 0.6) is 5.75 Å². The highest BCUT2D eigenvalue weighted by atomic mass is 16.5. The van der Waals surface area contributed by atoms with E-state index in [1.807, 2.05) is 72.5 Å². The molecule has 0 unspecified atom stereocenters. The third-order valence-corrected chi connectivity index (χ3v) is 6.07. The third-order valence-electron chi connectivity index (χ3n) is 6.07. The molecule has 0 atom stereocenters. The predicted octanol–water partition coefficient (Wildman–Crippen LogP) is 4.60. The number of rotatable bonds is 6. The van der Waals surface area contributed by atoms with E-state index in [0.29, 0.717) is 36.5 Å². The van der Waals surface area contributed by atoms with Crippen LogP contribution in [-0.4, -0.2) is 41.9 Å². The number of likely N-dealkylation sites (tertiary alicyclic amines) is 1. The molecule has 3 aromatic rings. The van der Waals surface area contributed by atoms with Crippen molar-refractivity contribution in [2.75, 3.05) is 25.5 Å². The van der Waals surface area contributed by atoms with E-state index in [-0.39, 0.29) is 17.7 Å². The maximum absolute atomic E-state index is 13.1. The molecule has 0 aliphatic carbocycles. The molecule has 170 valence electrons. The molecule has 1 fully saturated rings. The van der Waals surface area contributed by atoms with Gasteiger partial charge >= 0.3 is 0 Å². The highest BCUT2D eigenvalue weighted by Gasteiger charge is 2.28. The lowest BCUT2D eigenvalue weighted by atomic mass is 9.89. The lowest BCUT2D eigenvalue weighted by Crippen LogP contribution is -2.39. The Bertz CT molecular complexity index is 1120. The fourth-order valence-electron chi connectivity index (χ4n) is 4.26. The van der Waals surface area contributed by atoms with Crippen LogP contribution in [0.15, 0.2) is 66.7 Å². The van der Waals surface area contributed by atoms with Crippen LogP contribution in [0.2, 0.25) is 0 Å². The molecule has 1 aliphatic heterocycles. The highest BCUT2D eigenvalue weighted by molar-refractivity contribution is 6.05. The second kappa shape index (κ2) is 10.3. The summed E-state index contributed by atoms with van der Waals surface area (Å²) in [5.74, 6) is 0.778. The van der Waals surface area contributed by atoms with Crippen molar-refractivity contribution >= 4 is 17.5 Å². The van der Waals surface area contributed by atoms with Crippen LogP contribution in [0.4, 0.5) is 5.69 Å². The van der Waals surface area contributed by atoms with Gasteiger partial charge in [-0.2, -0.15) is 0 Å². The number of methoxy groups -OCH3 is 1. The lowest BCUT2D eigenvalue weighted by molar-refractivity contribution is -0.131. The van der Waals surface area contributed by atoms with Crippen LogP contribution < -0.4 is 10.1 Å². The molecule has 4 rings (SSSR count). The van der Waals surface area contributed by atoms with Gasteiger partial charge in [-0.15, -0.1) is 0 Å². The number of ether oxygens (including phenoxy) is 1. The van der Waals surface area contributed by atoms with Crippen LogP contribution in [0.1, 0.15) is 46.1 Å². The van der Waals surface area contributed by atoms with Gasteiger partial charge in [0.25, 0.3) is 5.91 Å². The average Bonchev–Trinajstić information content (AvgIpc) is 2.84. The zero-order valence-electron chi connectivity index (χ0n) is 19.1. The first-order valence-corrected chi connectivity index (χ1v) is 11.3. The van der Waals surface area contributed by atoms with Gasteiger partial charge in [0, 0.05) is 36.5 Å². The van der Waals surface area contributed by atoms with Crippen LogP contribution in [-0.2, 0) is 11.2 Å². The standard InChI is InChI=1S/C27H29N3O3/c1-19-11-12-24(27(32)29-22-9-6-10-23(18-22)33-2)26(28-19)21-13-15-30(16-14-21)25(31)17-20-7-4-3-5-8-20/h3-12,18,21H,13-17H2,1-2H3,(H,29,32). The number of aryl methyl sites for hydroxylation is 1. The molecular formula is C27H29N3O3. The summed E-state index contributed by atoms with van der Waals surface area (Å²) in [5.41, 5.74) is 3.97. The van der Waals surface area contributed by atoms with Crippen molar-refractivity contribution in [1.29, 1.82) is 0 Å². The summed E-state index contributed by atoms with van der Waals surface area (Å²) in [7, 11) is 1.60. The summed E-state index contributed by atoms with van der Waals surface area (Å²) < 4.78 is 5.25. The molecule has 2 heterocycles. The highest BCUT2D eigenvalue weighted by Crippen LogP contribution is 2.30. The molecule has 1 aliphatic rings. The Kier molecular flexibility index (Phi) is 7.03. The molecule has 1 N–H and O–H groups in total. The number of piperidine rings is 1. The van der Waals surface area contributed by atoms with Gasteiger partial charge < -0.3 is 15.0 Å². The molecular weight excluding hydrogens is 414 g/mol. The van der Waals surface area contributed by atoms with Crippen LogP contribution in [0.3, 0.4) is 0 Å². The van der Waals surface area contributed by atoms with Gasteiger partial charge in [0.1, 0.15) is 5.75 Å². The van der Waals surface area contributed by atoms with Crippen molar-refractivity contribution in [2.24, 2.45) is 0 Å². The Balaban J connectivity index is 1.44. The minimum atomic E-state index is -0.187. The van der Waals surface area contributed by atoms with E-state index in [1.54, 1.807) is 13.2 Å². The first-order chi connectivity index (χ1) is 16.0. The quantitative estimate of drug-likeness (QED) is 0.604. The van der Waals surface area contributed by atoms with Gasteiger partial charge in [0.05, 0.1) is 24.8 Å². The van der Waals surface area contributed by atoms with Crippen LogP contribution >= 0.6 is 0 Å². The van der Waals surface area contributed by atoms with E-state index >= 15 is 0 Å². The normalized spacial score (nSPS) is 14.1. The fraction of sp³-hybridized carbons (Fsp3) is 0.296. The van der Waals surface area contributed by atoms with Gasteiger partial charge in [-0.25, -0.2) is 0 Å². The molecule has 0 saturated carbocycles. The first kappa shape index (κ1) is 22.5. The minimum Gasteiger partial charge on any atom is -0.497 e. The smallest absolute Gasteiger partial charge is 0.257 e. The van der Waals surface area contributed by atoms with Gasteiger partial charge in [-0.1, -0.05) is 36.4 Å². The number of hydrogen-bond donors (Lipinski definition) is 1. The van der Waals surface area contributed by atoms with Gasteiger partial charge in [0.2, 0.25) is 5.91 Å². The van der Waals surface area contributed by atoms with E-state index in [1.165, 1.54) is 0 Å². The molecule has 6 nitrogen and oxygen atoms in total. The maximum Gasteiger partial charge on any atom is 0.257 e. The van der Waals surface area contributed by atoms with Gasteiger partial charge in [0.15, 0.2) is 0 Å². The molecule has 0 spiro atoms. The minimum absolute atomic E-state index is 0.136. The Labute approximate surface area is 194 Å². The molecule has 0 bridgehead atoms. The van der Waals surface area contributed by atoms with E-state index in [0.717, 1.165) is 29.8 Å². The van der Waals surface area contributed by atoms with Crippen molar-refractivity contribution in [2.45, 2.75) is 32.1 Å². The molecule has 6 heteroatoms. The van der Waals surface area contributed by atoms with Gasteiger partial charge in [-0.3, -0.25) is 14.6 Å². The molecule has 2 amide bonds. The summed E-state index contributed by atoms with van der Waals surface area (Å²) in [6, 6.07) is 20.8. The van der Waals surface area contributed by atoms with E-state index < -0.39 is 0 Å². The molecule has 2 aromatic carbocycles. The number of aromatic nitrogens is 1. The number of nitrogens with one attached hydrogen (secondary N) is 1. The average molecular weight is 444 g/mol. The van der Waals surface area contributed by atoms with E-state index in [4.69, 9.17) is 9.72 Å². The first-order valence-electron chi connectivity index (χ1n) is 11.3. The Hall–Kier alpha value is -3.67. The summed E-state index contributed by atoms with van der Waals surface area (Å²) in [6.07, 6.45) is 2.00. The van der Waals surface area contributed by atoms with Crippen molar-refractivity contribution in [3.63, 3.8) is 0 Å². The summed E-state index contributed by atoms with van der Waals surface area (Å²) in [4.78, 5) is 32.5. The Morgan fingerprint density at radius 2 is 1.79 bits per heavy atom. The summed E-state index contributed by atoms with van der Waals surface area (Å²) in [6.45, 7) is 3.28. The molecule has 1 saturated heterocycles. The number of anilines is 1. The second-order valence-electron chi connectivity index (χ2n) is 8.39. The number of nitrogens with zero attached hydrogens (tertiary/aromatic N) is 2. The number of carbonyl (C=O) groups is 2. The van der Waals surface area contributed by atoms with Crippen molar-refractivity contribution in [1.82, 2.24) is 9.88 Å². The van der Waals surface area contributed by atoms with Crippen molar-refractivity contribution in [3.05, 3.63) is 89.2 Å². The lowest BCUT2D eigenvalue weighted by Gasteiger charge is -2.32. The zero-order valence-corrected chi connectivity index (χ0v) is 19.1. The van der Waals surface area contributed by atoms with Crippen LogP contribution in [0, 0.1) is 6.92 Å². The Morgan fingerprint density at radius 3 is 2.52 bits per heavy atom. The fourth-order valence-corrected chi connectivity index (χ4v) is 4.26. The number of benzene rings is 2. The number of amides is 2. The topological polar surface area (TPSA) is 71.5 Å². The molecule has 33 heavy (non-hydrogen) atoms. The second-order valence-corrected chi connectivity index (χ2v) is 8.39. The largest absolute Gasteiger partial charge is 0.497 e. The maximum atomic E-state index is 13.1. The van der Waals surface area contributed by atoms with Crippen molar-refractivity contribution < 1.29 is 14.3 Å². The van der Waals surface area contributed by atoms with Crippen LogP contribution in [0.25, 0.3) is 0 Å².